The average Bonchev–Trinajstić information content (AvgIpc) is 2.23. The van der Waals surface area contributed by atoms with Crippen LogP contribution in [0, 0.1) is 0 Å². The number of carbonyl (C=O) groups excluding carboxylic acids is 1. The van der Waals surface area contributed by atoms with E-state index in [-0.39, 0.29) is 65.3 Å². The third-order valence-corrected chi connectivity index (χ3v) is 5.08. The van der Waals surface area contributed by atoms with E-state index in [1.165, 1.54) is 0 Å². The molecule has 0 atom stereocenters. The Labute approximate surface area is 149 Å². The zero-order valence-electron chi connectivity index (χ0n) is 8.32. The van der Waals surface area contributed by atoms with E-state index in [4.69, 9.17) is 58.0 Å². The van der Waals surface area contributed by atoms with Crippen LogP contribution in [0.3, 0.4) is 0 Å². The van der Waals surface area contributed by atoms with Gasteiger partial charge in [0, 0.05) is 10.6 Å². The van der Waals surface area contributed by atoms with Crippen molar-refractivity contribution in [3.63, 3.8) is 0 Å². The van der Waals surface area contributed by atoms with Crippen molar-refractivity contribution in [3.8, 4) is 0 Å². The summed E-state index contributed by atoms with van der Waals surface area (Å²) in [5.41, 5.74) is 0. The van der Waals surface area contributed by atoms with E-state index in [2.05, 4.69) is 0 Å². The molecule has 0 saturated heterocycles. The fourth-order valence-electron chi connectivity index (χ4n) is 0.843. The molecule has 0 N–H and O–H groups in total. The maximum Gasteiger partial charge on any atom is 1.00 e. The summed E-state index contributed by atoms with van der Waals surface area (Å²) in [6.45, 7) is 0. The summed E-state index contributed by atoms with van der Waals surface area (Å²) in [4.78, 5) is 10.6. The number of hydrogen-bond donors (Lipinski definition) is 0. The molecule has 0 aromatic heterocycles. The van der Waals surface area contributed by atoms with Crippen LogP contribution in [-0.2, 0) is 4.79 Å². The molecule has 0 aliphatic carbocycles. The number of hydrogen-bond acceptors (Lipinski definition) is 3. The molecule has 0 aliphatic rings. The predicted octanol–water partition coefficient (Wildman–Crippen LogP) is 0.800. The maximum absolute atomic E-state index is 10.3. The van der Waals surface area contributed by atoms with E-state index >= 15 is 0 Å². The summed E-state index contributed by atoms with van der Waals surface area (Å²) < 4.78 is 0. The van der Waals surface area contributed by atoms with Gasteiger partial charge in [0.05, 0.1) is 31.1 Å². The zero-order valence-corrected chi connectivity index (χ0v) is 14.9. The minimum atomic E-state index is -1.25. The first-order chi connectivity index (χ1) is 7.36. The zero-order chi connectivity index (χ0) is 12.5. The predicted molar refractivity (Wildman–Crippen MR) is 67.2 cm³/mol. The van der Waals surface area contributed by atoms with Gasteiger partial charge in [0.25, 0.3) is 0 Å². The van der Waals surface area contributed by atoms with E-state index < -0.39 is 5.97 Å². The van der Waals surface area contributed by atoms with Gasteiger partial charge in [-0.3, -0.25) is 0 Å². The number of carbonyl (C=O) groups is 1. The molecule has 1 aromatic rings. The van der Waals surface area contributed by atoms with Gasteiger partial charge in [0.1, 0.15) is 0 Å². The van der Waals surface area contributed by atoms with Crippen LogP contribution >= 0.6 is 69.8 Å². The van der Waals surface area contributed by atoms with Crippen molar-refractivity contribution in [1.29, 1.82) is 0 Å². The second-order valence-electron chi connectivity index (χ2n) is 2.56. The van der Waals surface area contributed by atoms with Crippen molar-refractivity contribution in [1.82, 2.24) is 0 Å². The summed E-state index contributed by atoms with van der Waals surface area (Å²) in [5.74, 6) is -1.56. The van der Waals surface area contributed by atoms with Crippen LogP contribution in [0.25, 0.3) is 0 Å². The van der Waals surface area contributed by atoms with Crippen LogP contribution in [0.4, 0.5) is 0 Å². The Balaban J connectivity index is 0.00000256. The van der Waals surface area contributed by atoms with Crippen LogP contribution in [0.1, 0.15) is 0 Å². The second kappa shape index (κ2) is 7.93. The monoisotopic (exact) mass is 360 g/mol. The summed E-state index contributed by atoms with van der Waals surface area (Å²) in [5, 5.41) is 10.6. The molecule has 0 amide bonds. The SMILES string of the molecule is O=C([O-])CSc1c(Cl)c(Cl)c(Cl)c(Cl)c1Cl.[Na+]. The molecular formula is C8H2Cl5NaO2S. The molecule has 0 fully saturated rings. The smallest absolute Gasteiger partial charge is 0.549 e. The van der Waals surface area contributed by atoms with Crippen molar-refractivity contribution < 1.29 is 39.5 Å². The van der Waals surface area contributed by atoms with Gasteiger partial charge in [-0.05, 0) is 0 Å². The van der Waals surface area contributed by atoms with Crippen molar-refractivity contribution in [2.24, 2.45) is 0 Å². The van der Waals surface area contributed by atoms with Gasteiger partial charge in [-0.1, -0.05) is 58.0 Å². The molecule has 1 rings (SSSR count). The summed E-state index contributed by atoms with van der Waals surface area (Å²) >= 11 is 29.9. The van der Waals surface area contributed by atoms with Crippen molar-refractivity contribution >= 4 is 75.7 Å². The first-order valence-corrected chi connectivity index (χ1v) is 6.57. The fraction of sp³-hybridized carbons (Fsp3) is 0.125. The normalized spacial score (nSPS) is 9.94. The minimum Gasteiger partial charge on any atom is -0.549 e. The maximum atomic E-state index is 10.3. The Kier molecular flexibility index (Phi) is 8.62. The van der Waals surface area contributed by atoms with Gasteiger partial charge >= 0.3 is 29.6 Å². The van der Waals surface area contributed by atoms with E-state index in [1.807, 2.05) is 0 Å². The molecule has 0 saturated carbocycles. The molecule has 9 heteroatoms. The van der Waals surface area contributed by atoms with Gasteiger partial charge in [-0.15, -0.1) is 11.8 Å². The number of carboxylic acids is 1. The molecule has 0 bridgehead atoms. The van der Waals surface area contributed by atoms with Gasteiger partial charge in [-0.2, -0.15) is 0 Å². The third kappa shape index (κ3) is 4.51. The number of rotatable bonds is 3. The Hall–Kier alpha value is 1.49. The largest absolute Gasteiger partial charge is 1.00 e. The Morgan fingerprint density at radius 2 is 1.29 bits per heavy atom. The van der Waals surface area contributed by atoms with E-state index in [0.29, 0.717) is 0 Å². The number of thioether (sulfide) groups is 1. The van der Waals surface area contributed by atoms with E-state index in [0.717, 1.165) is 11.8 Å². The van der Waals surface area contributed by atoms with E-state index in [9.17, 15) is 9.90 Å². The number of carboxylic acid groups (broad SMARTS) is 1. The number of aliphatic carboxylic acids is 1. The van der Waals surface area contributed by atoms with Crippen LogP contribution in [-0.4, -0.2) is 11.7 Å². The molecule has 2 nitrogen and oxygen atoms in total. The number of benzene rings is 1. The minimum absolute atomic E-state index is 0. The van der Waals surface area contributed by atoms with Gasteiger partial charge < -0.3 is 9.90 Å². The van der Waals surface area contributed by atoms with Crippen molar-refractivity contribution in [3.05, 3.63) is 25.1 Å². The molecular weight excluding hydrogens is 360 g/mol. The molecule has 0 radical (unpaired) electrons. The number of halogens is 5. The summed E-state index contributed by atoms with van der Waals surface area (Å²) in [6, 6.07) is 0. The fourth-order valence-corrected chi connectivity index (χ4v) is 3.14. The van der Waals surface area contributed by atoms with Crippen LogP contribution in [0.15, 0.2) is 4.90 Å². The Morgan fingerprint density at radius 3 is 1.65 bits per heavy atom. The third-order valence-electron chi connectivity index (χ3n) is 1.50. The molecule has 88 valence electrons. The average molecular weight is 362 g/mol. The molecule has 0 aliphatic heterocycles. The first-order valence-electron chi connectivity index (χ1n) is 3.70. The summed E-state index contributed by atoms with van der Waals surface area (Å²) in [7, 11) is 0. The van der Waals surface area contributed by atoms with Crippen LogP contribution in [0.2, 0.25) is 25.1 Å². The molecule has 17 heavy (non-hydrogen) atoms. The van der Waals surface area contributed by atoms with Crippen LogP contribution < -0.4 is 34.7 Å². The standard InChI is InChI=1S/C8H3Cl5O2S.Na/c9-3-4(10)6(12)8(7(13)5(3)11)16-1-2(14)15;/h1H2,(H,14,15);/q;+1/p-1. The molecule has 1 aromatic carbocycles. The van der Waals surface area contributed by atoms with Crippen molar-refractivity contribution in [2.45, 2.75) is 4.90 Å². The quantitative estimate of drug-likeness (QED) is 0.346. The van der Waals surface area contributed by atoms with E-state index in [1.54, 1.807) is 0 Å². The van der Waals surface area contributed by atoms with Gasteiger partial charge in [-0.25, -0.2) is 0 Å². The Morgan fingerprint density at radius 1 is 0.941 bits per heavy atom. The first kappa shape index (κ1) is 18.5. The van der Waals surface area contributed by atoms with Gasteiger partial charge in [0.15, 0.2) is 0 Å². The Bertz CT molecular complexity index is 425. The second-order valence-corrected chi connectivity index (χ2v) is 5.44. The molecule has 0 heterocycles. The van der Waals surface area contributed by atoms with Crippen molar-refractivity contribution in [2.75, 3.05) is 5.75 Å². The van der Waals surface area contributed by atoms with Crippen LogP contribution in [0.5, 0.6) is 0 Å². The molecule has 0 spiro atoms. The topological polar surface area (TPSA) is 40.1 Å². The summed E-state index contributed by atoms with van der Waals surface area (Å²) in [6.07, 6.45) is 0. The molecule has 0 unspecified atom stereocenters. The van der Waals surface area contributed by atoms with Gasteiger partial charge in [0.2, 0.25) is 0 Å².